The normalized spacial score (nSPS) is 17.0. The van der Waals surface area contributed by atoms with Gasteiger partial charge in [0.25, 0.3) is 0 Å². The van der Waals surface area contributed by atoms with E-state index in [1.54, 1.807) is 24.3 Å². The molecule has 0 radical (unpaired) electrons. The van der Waals surface area contributed by atoms with Crippen LogP contribution in [0.5, 0.6) is 0 Å². The third kappa shape index (κ3) is 4.43. The number of rotatable bonds is 5. The van der Waals surface area contributed by atoms with Gasteiger partial charge in [-0.1, -0.05) is 24.3 Å². The Balaban J connectivity index is 1.75. The van der Waals surface area contributed by atoms with Gasteiger partial charge in [0.15, 0.2) is 0 Å². The number of halogens is 1. The molecule has 142 valence electrons. The lowest BCUT2D eigenvalue weighted by molar-refractivity contribution is -0.122. The second kappa shape index (κ2) is 7.36. The molecule has 1 aliphatic heterocycles. The molecule has 1 heterocycles. The number of sulfonamides is 1. The summed E-state index contributed by atoms with van der Waals surface area (Å²) < 4.78 is 39.2. The summed E-state index contributed by atoms with van der Waals surface area (Å²) in [6, 6.07) is 12.2. The number of carbonyl (C=O) groups excluding carboxylic acids is 2. The van der Waals surface area contributed by atoms with Crippen molar-refractivity contribution in [2.24, 2.45) is 5.92 Å². The predicted molar refractivity (Wildman–Crippen MR) is 100 cm³/mol. The molecule has 7 nitrogen and oxygen atoms in total. The van der Waals surface area contributed by atoms with E-state index in [1.165, 1.54) is 29.2 Å². The first-order chi connectivity index (χ1) is 12.7. The van der Waals surface area contributed by atoms with Crippen molar-refractivity contribution in [2.75, 3.05) is 27.7 Å². The van der Waals surface area contributed by atoms with Gasteiger partial charge in [-0.05, 0) is 24.3 Å². The van der Waals surface area contributed by atoms with Gasteiger partial charge in [0.05, 0.1) is 29.2 Å². The first kappa shape index (κ1) is 18.8. The quantitative estimate of drug-likeness (QED) is 0.817. The first-order valence-corrected chi connectivity index (χ1v) is 10.1. The minimum atomic E-state index is -3.52. The van der Waals surface area contributed by atoms with Gasteiger partial charge in [-0.15, -0.1) is 0 Å². The van der Waals surface area contributed by atoms with Crippen LogP contribution in [0.3, 0.4) is 0 Å². The zero-order valence-electron chi connectivity index (χ0n) is 14.5. The standard InChI is InChI=1S/C18H18FN3O4S/c1-27(25,26)21-15-8-4-3-7-14(15)20-18(24)12-10-17(23)22(11-12)16-9-5-2-6-13(16)19/h2-9,12,21H,10-11H2,1H3,(H,20,24)/t12-/m0/s1. The lowest BCUT2D eigenvalue weighted by Gasteiger charge is -2.18. The highest BCUT2D eigenvalue weighted by atomic mass is 32.2. The van der Waals surface area contributed by atoms with E-state index in [1.807, 2.05) is 0 Å². The lowest BCUT2D eigenvalue weighted by atomic mass is 10.1. The summed E-state index contributed by atoms with van der Waals surface area (Å²) in [5.41, 5.74) is 0.644. The van der Waals surface area contributed by atoms with E-state index in [4.69, 9.17) is 0 Å². The van der Waals surface area contributed by atoms with Crippen LogP contribution in [-0.2, 0) is 19.6 Å². The molecule has 2 amide bonds. The average Bonchev–Trinajstić information content (AvgIpc) is 2.97. The Labute approximate surface area is 156 Å². The second-order valence-electron chi connectivity index (χ2n) is 6.27. The molecule has 2 N–H and O–H groups in total. The second-order valence-corrected chi connectivity index (χ2v) is 8.01. The number of benzene rings is 2. The summed E-state index contributed by atoms with van der Waals surface area (Å²) >= 11 is 0. The first-order valence-electron chi connectivity index (χ1n) is 8.17. The number of carbonyl (C=O) groups is 2. The Morgan fingerprint density at radius 2 is 1.74 bits per heavy atom. The molecule has 0 saturated carbocycles. The molecule has 0 bridgehead atoms. The van der Waals surface area contributed by atoms with Crippen LogP contribution in [-0.4, -0.2) is 33.0 Å². The molecule has 3 rings (SSSR count). The summed E-state index contributed by atoms with van der Waals surface area (Å²) in [7, 11) is -3.52. The molecule has 0 aromatic heterocycles. The van der Waals surface area contributed by atoms with Crippen LogP contribution < -0.4 is 14.9 Å². The van der Waals surface area contributed by atoms with Crippen molar-refractivity contribution >= 4 is 38.9 Å². The number of para-hydroxylation sites is 3. The number of hydrogen-bond acceptors (Lipinski definition) is 4. The Bertz CT molecular complexity index is 994. The van der Waals surface area contributed by atoms with Crippen LogP contribution in [0.1, 0.15) is 6.42 Å². The summed E-state index contributed by atoms with van der Waals surface area (Å²) in [6.07, 6.45) is 0.954. The van der Waals surface area contributed by atoms with Crippen molar-refractivity contribution in [2.45, 2.75) is 6.42 Å². The number of nitrogens with zero attached hydrogens (tertiary/aromatic N) is 1. The van der Waals surface area contributed by atoms with E-state index >= 15 is 0 Å². The number of amides is 2. The molecule has 0 unspecified atom stereocenters. The third-order valence-corrected chi connectivity index (χ3v) is 4.71. The topological polar surface area (TPSA) is 95.6 Å². The Kier molecular flexibility index (Phi) is 5.13. The van der Waals surface area contributed by atoms with Crippen LogP contribution in [0.2, 0.25) is 0 Å². The summed E-state index contributed by atoms with van der Waals surface area (Å²) in [4.78, 5) is 26.1. The summed E-state index contributed by atoms with van der Waals surface area (Å²) in [6.45, 7) is 0.0489. The number of nitrogens with one attached hydrogen (secondary N) is 2. The van der Waals surface area contributed by atoms with Crippen LogP contribution in [0.4, 0.5) is 21.5 Å². The lowest BCUT2D eigenvalue weighted by Crippen LogP contribution is -2.29. The molecule has 27 heavy (non-hydrogen) atoms. The third-order valence-electron chi connectivity index (χ3n) is 4.12. The van der Waals surface area contributed by atoms with Crippen molar-refractivity contribution in [1.29, 1.82) is 0 Å². The summed E-state index contributed by atoms with van der Waals surface area (Å²) in [5.74, 6) is -1.99. The molecule has 0 spiro atoms. The predicted octanol–water partition coefficient (Wildman–Crippen LogP) is 2.19. The maximum absolute atomic E-state index is 13.9. The molecule has 9 heteroatoms. The highest BCUT2D eigenvalue weighted by Gasteiger charge is 2.36. The van der Waals surface area contributed by atoms with Crippen molar-refractivity contribution in [3.8, 4) is 0 Å². The van der Waals surface area contributed by atoms with E-state index in [2.05, 4.69) is 10.0 Å². The van der Waals surface area contributed by atoms with E-state index in [0.29, 0.717) is 0 Å². The van der Waals surface area contributed by atoms with Crippen molar-refractivity contribution in [1.82, 2.24) is 0 Å². The van der Waals surface area contributed by atoms with E-state index in [-0.39, 0.29) is 35.9 Å². The molecular weight excluding hydrogens is 373 g/mol. The zero-order chi connectivity index (χ0) is 19.6. The number of hydrogen-bond donors (Lipinski definition) is 2. The smallest absolute Gasteiger partial charge is 0.229 e. The molecule has 1 saturated heterocycles. The van der Waals surface area contributed by atoms with Gasteiger partial charge in [-0.3, -0.25) is 14.3 Å². The largest absolute Gasteiger partial charge is 0.324 e. The SMILES string of the molecule is CS(=O)(=O)Nc1ccccc1NC(=O)[C@H]1CC(=O)N(c2ccccc2F)C1. The van der Waals surface area contributed by atoms with E-state index in [0.717, 1.165) is 6.26 Å². The molecule has 2 aromatic carbocycles. The van der Waals surface area contributed by atoms with Gasteiger partial charge in [0.2, 0.25) is 21.8 Å². The maximum atomic E-state index is 13.9. The van der Waals surface area contributed by atoms with Gasteiger partial charge in [-0.25, -0.2) is 12.8 Å². The van der Waals surface area contributed by atoms with Gasteiger partial charge in [0.1, 0.15) is 5.82 Å². The van der Waals surface area contributed by atoms with Crippen molar-refractivity contribution < 1.29 is 22.4 Å². The average molecular weight is 391 g/mol. The molecule has 0 aliphatic carbocycles. The zero-order valence-corrected chi connectivity index (χ0v) is 15.3. The van der Waals surface area contributed by atoms with Gasteiger partial charge < -0.3 is 10.2 Å². The fourth-order valence-corrected chi connectivity index (χ4v) is 3.48. The molecule has 2 aromatic rings. The highest BCUT2D eigenvalue weighted by Crippen LogP contribution is 2.29. The Hall–Kier alpha value is -2.94. The highest BCUT2D eigenvalue weighted by molar-refractivity contribution is 7.92. The minimum absolute atomic E-state index is 0.0489. The van der Waals surface area contributed by atoms with Crippen LogP contribution in [0, 0.1) is 11.7 Å². The van der Waals surface area contributed by atoms with Crippen LogP contribution in [0.15, 0.2) is 48.5 Å². The van der Waals surface area contributed by atoms with Crippen molar-refractivity contribution in [3.63, 3.8) is 0 Å². The summed E-state index contributed by atoms with van der Waals surface area (Å²) in [5, 5.41) is 2.64. The van der Waals surface area contributed by atoms with Crippen LogP contribution >= 0.6 is 0 Å². The van der Waals surface area contributed by atoms with Gasteiger partial charge in [0, 0.05) is 13.0 Å². The van der Waals surface area contributed by atoms with Gasteiger partial charge in [-0.2, -0.15) is 0 Å². The maximum Gasteiger partial charge on any atom is 0.229 e. The van der Waals surface area contributed by atoms with Crippen molar-refractivity contribution in [3.05, 3.63) is 54.3 Å². The molecular formula is C18H18FN3O4S. The number of anilines is 3. The van der Waals surface area contributed by atoms with Gasteiger partial charge >= 0.3 is 0 Å². The Morgan fingerprint density at radius 3 is 2.41 bits per heavy atom. The van der Waals surface area contributed by atoms with Crippen LogP contribution in [0.25, 0.3) is 0 Å². The molecule has 1 fully saturated rings. The Morgan fingerprint density at radius 1 is 1.11 bits per heavy atom. The fourth-order valence-electron chi connectivity index (χ4n) is 2.90. The monoisotopic (exact) mass is 391 g/mol. The fraction of sp³-hybridized carbons (Fsp3) is 0.222. The van der Waals surface area contributed by atoms with E-state index < -0.39 is 27.7 Å². The molecule has 1 atom stereocenters. The molecule has 1 aliphatic rings. The van der Waals surface area contributed by atoms with E-state index in [9.17, 15) is 22.4 Å². The minimum Gasteiger partial charge on any atom is -0.324 e.